The molecule has 3 aromatic carbocycles. The fraction of sp³-hybridized carbons (Fsp3) is 0.250. The van der Waals surface area contributed by atoms with Crippen molar-refractivity contribution in [1.29, 1.82) is 0 Å². The number of anilines is 1. The number of carbonyl (C=O) groups is 1. The molecule has 1 aliphatic heterocycles. The lowest BCUT2D eigenvalue weighted by molar-refractivity contribution is 0.0695. The first-order chi connectivity index (χ1) is 17.3. The van der Waals surface area contributed by atoms with Gasteiger partial charge >= 0.3 is 5.97 Å². The first-order valence-corrected chi connectivity index (χ1v) is 13.1. The average molecular weight is 589 g/mol. The zero-order valence-corrected chi connectivity index (χ0v) is 22.7. The van der Waals surface area contributed by atoms with Gasteiger partial charge in [0.2, 0.25) is 0 Å². The van der Waals surface area contributed by atoms with E-state index < -0.39 is 5.97 Å². The van der Waals surface area contributed by atoms with Crippen LogP contribution in [-0.2, 0) is 6.61 Å². The topological polar surface area (TPSA) is 67.8 Å². The standard InChI is InChI=1S/C28H24BrCl2NO4/c1-14-6-8-19(28(33)34)24-17-4-3-5-18(17)26(32-25(14)24)16-11-20(29)27(23(12-16)35-2)36-13-15-7-9-21(30)22(31)10-15/h3-4,6-12,17-18,26,32H,5,13H2,1-2H3,(H,33,34)/t17-,18-,26+/m1/s1. The summed E-state index contributed by atoms with van der Waals surface area (Å²) in [5.74, 6) is 0.488. The molecule has 0 fully saturated rings. The molecule has 2 N–H and O–H groups in total. The zero-order valence-electron chi connectivity index (χ0n) is 19.6. The molecule has 5 rings (SSSR count). The van der Waals surface area contributed by atoms with Crippen LogP contribution in [0.2, 0.25) is 10.0 Å². The predicted molar refractivity (Wildman–Crippen MR) is 146 cm³/mol. The van der Waals surface area contributed by atoms with Crippen molar-refractivity contribution in [3.63, 3.8) is 0 Å². The van der Waals surface area contributed by atoms with Crippen LogP contribution in [0.3, 0.4) is 0 Å². The fourth-order valence-corrected chi connectivity index (χ4v) is 6.11. The minimum atomic E-state index is -0.904. The van der Waals surface area contributed by atoms with Crippen molar-refractivity contribution in [2.24, 2.45) is 5.92 Å². The Morgan fingerprint density at radius 2 is 1.97 bits per heavy atom. The number of fused-ring (bicyclic) bond motifs is 3. The van der Waals surface area contributed by atoms with Gasteiger partial charge in [0.15, 0.2) is 11.5 Å². The number of carboxylic acids is 1. The monoisotopic (exact) mass is 587 g/mol. The number of ether oxygens (including phenoxy) is 2. The molecule has 0 bridgehead atoms. The van der Waals surface area contributed by atoms with Crippen LogP contribution in [0.5, 0.6) is 11.5 Å². The minimum Gasteiger partial charge on any atom is -0.493 e. The number of benzene rings is 3. The van der Waals surface area contributed by atoms with Crippen LogP contribution in [0, 0.1) is 12.8 Å². The summed E-state index contributed by atoms with van der Waals surface area (Å²) in [6.45, 7) is 2.30. The highest BCUT2D eigenvalue weighted by Gasteiger charge is 2.41. The van der Waals surface area contributed by atoms with Gasteiger partial charge in [-0.15, -0.1) is 0 Å². The van der Waals surface area contributed by atoms with Crippen molar-refractivity contribution >= 4 is 50.8 Å². The average Bonchev–Trinajstić information content (AvgIpc) is 3.34. The molecule has 0 saturated heterocycles. The Bertz CT molecular complexity index is 1390. The van der Waals surface area contributed by atoms with Crippen LogP contribution < -0.4 is 14.8 Å². The van der Waals surface area contributed by atoms with E-state index in [1.807, 2.05) is 31.2 Å². The Kier molecular flexibility index (Phi) is 6.95. The first-order valence-electron chi connectivity index (χ1n) is 11.5. The molecule has 1 aliphatic carbocycles. The molecule has 186 valence electrons. The summed E-state index contributed by atoms with van der Waals surface area (Å²) < 4.78 is 12.6. The maximum absolute atomic E-state index is 12.0. The van der Waals surface area contributed by atoms with Crippen LogP contribution in [0.15, 0.2) is 59.1 Å². The van der Waals surface area contributed by atoms with Crippen molar-refractivity contribution in [3.05, 3.63) is 97.0 Å². The Balaban J connectivity index is 1.49. The van der Waals surface area contributed by atoms with E-state index in [1.165, 1.54) is 0 Å². The lowest BCUT2D eigenvalue weighted by Crippen LogP contribution is -2.31. The maximum atomic E-state index is 12.0. The van der Waals surface area contributed by atoms with E-state index in [2.05, 4.69) is 33.4 Å². The summed E-state index contributed by atoms with van der Waals surface area (Å²) in [6, 6.07) is 13.0. The third-order valence-electron chi connectivity index (χ3n) is 6.94. The van der Waals surface area contributed by atoms with Crippen LogP contribution in [0.25, 0.3) is 0 Å². The fourth-order valence-electron chi connectivity index (χ4n) is 5.22. The Morgan fingerprint density at radius 3 is 2.69 bits per heavy atom. The molecular formula is C28H24BrCl2NO4. The van der Waals surface area contributed by atoms with Crippen molar-refractivity contribution in [2.45, 2.75) is 31.9 Å². The van der Waals surface area contributed by atoms with Gasteiger partial charge < -0.3 is 19.9 Å². The molecule has 36 heavy (non-hydrogen) atoms. The molecule has 2 aliphatic rings. The molecule has 0 radical (unpaired) electrons. The number of allylic oxidation sites excluding steroid dienone is 2. The smallest absolute Gasteiger partial charge is 0.336 e. The van der Waals surface area contributed by atoms with Crippen molar-refractivity contribution < 1.29 is 19.4 Å². The summed E-state index contributed by atoms with van der Waals surface area (Å²) in [4.78, 5) is 12.0. The molecule has 3 aromatic rings. The minimum absolute atomic E-state index is 0.0209. The van der Waals surface area contributed by atoms with Gasteiger partial charge in [-0.25, -0.2) is 4.79 Å². The molecule has 0 amide bonds. The number of nitrogens with one attached hydrogen (secondary N) is 1. The van der Waals surface area contributed by atoms with Gasteiger partial charge in [0.05, 0.1) is 33.2 Å². The molecule has 8 heteroatoms. The van der Waals surface area contributed by atoms with Crippen LogP contribution in [0.1, 0.15) is 51.0 Å². The molecule has 1 heterocycles. The summed E-state index contributed by atoms with van der Waals surface area (Å²) in [5, 5.41) is 14.5. The first kappa shape index (κ1) is 25.0. The summed E-state index contributed by atoms with van der Waals surface area (Å²) >= 11 is 15.9. The van der Waals surface area contributed by atoms with Gasteiger partial charge in [-0.1, -0.05) is 47.5 Å². The largest absolute Gasteiger partial charge is 0.493 e. The highest BCUT2D eigenvalue weighted by atomic mass is 79.9. The zero-order chi connectivity index (χ0) is 25.6. The van der Waals surface area contributed by atoms with Gasteiger partial charge in [0, 0.05) is 11.6 Å². The van der Waals surface area contributed by atoms with Crippen molar-refractivity contribution in [3.8, 4) is 11.5 Å². The van der Waals surface area contributed by atoms with Gasteiger partial charge in [0.25, 0.3) is 0 Å². The highest BCUT2D eigenvalue weighted by molar-refractivity contribution is 9.10. The summed E-state index contributed by atoms with van der Waals surface area (Å²) in [7, 11) is 1.62. The third kappa shape index (κ3) is 4.47. The molecule has 0 spiro atoms. The van der Waals surface area contributed by atoms with E-state index >= 15 is 0 Å². The second-order valence-electron chi connectivity index (χ2n) is 9.07. The second kappa shape index (κ2) is 10.0. The lowest BCUT2D eigenvalue weighted by Gasteiger charge is -2.39. The number of methoxy groups -OCH3 is 1. The lowest BCUT2D eigenvalue weighted by atomic mass is 9.74. The van der Waals surface area contributed by atoms with Gasteiger partial charge in [-0.3, -0.25) is 0 Å². The van der Waals surface area contributed by atoms with E-state index in [0.29, 0.717) is 33.7 Å². The number of hydrogen-bond donors (Lipinski definition) is 2. The Morgan fingerprint density at radius 1 is 1.17 bits per heavy atom. The number of rotatable bonds is 6. The maximum Gasteiger partial charge on any atom is 0.336 e. The molecule has 0 unspecified atom stereocenters. The molecular weight excluding hydrogens is 565 g/mol. The van der Waals surface area contributed by atoms with Crippen molar-refractivity contribution in [2.75, 3.05) is 12.4 Å². The summed E-state index contributed by atoms with van der Waals surface area (Å²) in [5.41, 5.74) is 5.05. The van der Waals surface area contributed by atoms with E-state index in [-0.39, 0.29) is 17.9 Å². The van der Waals surface area contributed by atoms with Gasteiger partial charge in [0.1, 0.15) is 6.61 Å². The molecule has 3 atom stereocenters. The molecule has 5 nitrogen and oxygen atoms in total. The number of aryl methyl sites for hydroxylation is 1. The second-order valence-corrected chi connectivity index (χ2v) is 10.7. The van der Waals surface area contributed by atoms with Crippen LogP contribution in [-0.4, -0.2) is 18.2 Å². The van der Waals surface area contributed by atoms with Gasteiger partial charge in [-0.05, 0) is 87.8 Å². The number of halogens is 3. The SMILES string of the molecule is COc1cc([C@@H]2Nc3c(C)ccc(C(=O)O)c3[C@@H]3C=CC[C@H]32)cc(Br)c1OCc1ccc(Cl)c(Cl)c1. The Hall–Kier alpha value is -2.67. The number of aromatic carboxylic acids is 1. The highest BCUT2D eigenvalue weighted by Crippen LogP contribution is 2.53. The number of hydrogen-bond acceptors (Lipinski definition) is 4. The molecule has 0 saturated carbocycles. The predicted octanol–water partition coefficient (Wildman–Crippen LogP) is 8.18. The third-order valence-corrected chi connectivity index (χ3v) is 8.26. The van der Waals surface area contributed by atoms with Gasteiger partial charge in [-0.2, -0.15) is 0 Å². The quantitative estimate of drug-likeness (QED) is 0.284. The normalized spacial score (nSPS) is 19.9. The van der Waals surface area contributed by atoms with E-state index in [9.17, 15) is 9.90 Å². The van der Waals surface area contributed by atoms with Crippen molar-refractivity contribution in [1.82, 2.24) is 0 Å². The Labute approximate surface area is 228 Å². The van der Waals surface area contributed by atoms with E-state index in [4.69, 9.17) is 32.7 Å². The van der Waals surface area contributed by atoms with E-state index in [1.54, 1.807) is 25.3 Å². The summed E-state index contributed by atoms with van der Waals surface area (Å²) in [6.07, 6.45) is 5.14. The number of carboxylic acid groups (broad SMARTS) is 1. The van der Waals surface area contributed by atoms with Crippen LogP contribution >= 0.6 is 39.1 Å². The van der Waals surface area contributed by atoms with Crippen LogP contribution in [0.4, 0.5) is 5.69 Å². The van der Waals surface area contributed by atoms with E-state index in [0.717, 1.165) is 38.8 Å². The molecule has 0 aromatic heterocycles.